The molecule has 1 saturated carbocycles. The summed E-state index contributed by atoms with van der Waals surface area (Å²) in [6, 6.07) is 3.26. The second-order valence-corrected chi connectivity index (χ2v) is 11.3. The fraction of sp³-hybridized carbons (Fsp3) is 0.583. The predicted octanol–water partition coefficient (Wildman–Crippen LogP) is 3.95. The predicted molar refractivity (Wildman–Crippen MR) is 131 cm³/mol. The van der Waals surface area contributed by atoms with Crippen molar-refractivity contribution in [1.29, 1.82) is 0 Å². The molecule has 1 aliphatic carbocycles. The highest BCUT2D eigenvalue weighted by atomic mass is 32.2. The van der Waals surface area contributed by atoms with Crippen LogP contribution in [-0.2, 0) is 14.6 Å². The second-order valence-electron chi connectivity index (χ2n) is 9.08. The van der Waals surface area contributed by atoms with Gasteiger partial charge in [0, 0.05) is 25.9 Å². The number of pyridine rings is 1. The molecule has 0 unspecified atom stereocenters. The lowest BCUT2D eigenvalue weighted by molar-refractivity contribution is 0.0653. The molecule has 0 bridgehead atoms. The van der Waals surface area contributed by atoms with E-state index in [-0.39, 0.29) is 22.5 Å². The Morgan fingerprint density at radius 3 is 2.54 bits per heavy atom. The SMILES string of the molecule is CCCCOC(=O)N1CCC(Oc2ncnc(Nc3ccc(S(=O)(=O)C4CC4)nc3C)c2C)CC1. The Morgan fingerprint density at radius 2 is 1.89 bits per heavy atom. The van der Waals surface area contributed by atoms with Crippen LogP contribution >= 0.6 is 0 Å². The molecule has 4 rings (SSSR count). The van der Waals surface area contributed by atoms with Crippen molar-refractivity contribution in [2.45, 2.75) is 75.7 Å². The van der Waals surface area contributed by atoms with Crippen LogP contribution in [0.5, 0.6) is 5.88 Å². The van der Waals surface area contributed by atoms with Crippen molar-refractivity contribution in [2.24, 2.45) is 0 Å². The summed E-state index contributed by atoms with van der Waals surface area (Å²) in [5.74, 6) is 1.04. The summed E-state index contributed by atoms with van der Waals surface area (Å²) in [6.07, 6.45) is 5.75. The lowest BCUT2D eigenvalue weighted by atomic mass is 10.1. The fourth-order valence-electron chi connectivity index (χ4n) is 3.89. The molecule has 2 aliphatic rings. The zero-order chi connectivity index (χ0) is 25.0. The first-order valence-corrected chi connectivity index (χ1v) is 13.7. The summed E-state index contributed by atoms with van der Waals surface area (Å²) in [5.41, 5.74) is 1.98. The molecule has 11 heteroatoms. The van der Waals surface area contributed by atoms with Crippen LogP contribution in [0, 0.1) is 13.8 Å². The highest BCUT2D eigenvalue weighted by molar-refractivity contribution is 7.92. The van der Waals surface area contributed by atoms with Gasteiger partial charge in [0.1, 0.15) is 18.2 Å². The van der Waals surface area contributed by atoms with Gasteiger partial charge in [0.05, 0.1) is 28.8 Å². The van der Waals surface area contributed by atoms with Gasteiger partial charge in [-0.2, -0.15) is 0 Å². The first-order chi connectivity index (χ1) is 16.8. The van der Waals surface area contributed by atoms with E-state index >= 15 is 0 Å². The minimum absolute atomic E-state index is 0.0635. The Hall–Kier alpha value is -2.95. The molecule has 1 aliphatic heterocycles. The maximum atomic E-state index is 12.5. The molecule has 190 valence electrons. The lowest BCUT2D eigenvalue weighted by Crippen LogP contribution is -2.42. The van der Waals surface area contributed by atoms with Crippen molar-refractivity contribution in [3.63, 3.8) is 0 Å². The van der Waals surface area contributed by atoms with Crippen molar-refractivity contribution in [3.8, 4) is 5.88 Å². The third kappa shape index (κ3) is 6.01. The number of aromatic nitrogens is 3. The fourth-order valence-corrected chi connectivity index (χ4v) is 5.51. The van der Waals surface area contributed by atoms with Gasteiger partial charge < -0.3 is 19.7 Å². The number of carbonyl (C=O) groups excluding carboxylic acids is 1. The summed E-state index contributed by atoms with van der Waals surface area (Å²) < 4.78 is 36.4. The number of aryl methyl sites for hydroxylation is 1. The zero-order valence-electron chi connectivity index (χ0n) is 20.5. The van der Waals surface area contributed by atoms with E-state index in [1.54, 1.807) is 17.9 Å². The van der Waals surface area contributed by atoms with Gasteiger partial charge in [0.15, 0.2) is 14.9 Å². The Labute approximate surface area is 206 Å². The molecular formula is C24H33N5O5S. The highest BCUT2D eigenvalue weighted by Gasteiger charge is 2.38. The molecule has 0 radical (unpaired) electrons. The number of ether oxygens (including phenoxy) is 2. The van der Waals surface area contributed by atoms with Crippen LogP contribution < -0.4 is 10.1 Å². The van der Waals surface area contributed by atoms with Crippen molar-refractivity contribution >= 4 is 27.4 Å². The topological polar surface area (TPSA) is 124 Å². The van der Waals surface area contributed by atoms with E-state index in [1.165, 1.54) is 12.4 Å². The van der Waals surface area contributed by atoms with Crippen molar-refractivity contribution in [3.05, 3.63) is 29.7 Å². The maximum absolute atomic E-state index is 12.5. The third-order valence-electron chi connectivity index (χ3n) is 6.31. The molecule has 2 aromatic heterocycles. The van der Waals surface area contributed by atoms with Crippen LogP contribution in [0.4, 0.5) is 16.3 Å². The number of nitrogens with zero attached hydrogens (tertiary/aromatic N) is 4. The number of carbonyl (C=O) groups is 1. The number of rotatable bonds is 9. The Kier molecular flexibility index (Phi) is 7.73. The molecule has 2 aromatic rings. The van der Waals surface area contributed by atoms with Crippen LogP contribution in [-0.4, -0.2) is 65.4 Å². The van der Waals surface area contributed by atoms with E-state index in [0.717, 1.165) is 18.4 Å². The molecule has 1 saturated heterocycles. The number of anilines is 2. The van der Waals surface area contributed by atoms with E-state index in [9.17, 15) is 13.2 Å². The highest BCUT2D eigenvalue weighted by Crippen LogP contribution is 2.34. The van der Waals surface area contributed by atoms with Gasteiger partial charge in [-0.3, -0.25) is 0 Å². The number of likely N-dealkylation sites (tertiary alicyclic amines) is 1. The van der Waals surface area contributed by atoms with Crippen LogP contribution in [0.15, 0.2) is 23.5 Å². The van der Waals surface area contributed by atoms with Crippen LogP contribution in [0.2, 0.25) is 0 Å². The van der Waals surface area contributed by atoms with Gasteiger partial charge in [0.25, 0.3) is 0 Å². The first-order valence-electron chi connectivity index (χ1n) is 12.2. The average Bonchev–Trinajstić information content (AvgIpc) is 3.69. The number of nitrogens with one attached hydrogen (secondary N) is 1. The van der Waals surface area contributed by atoms with Gasteiger partial charge in [-0.05, 0) is 45.2 Å². The van der Waals surface area contributed by atoms with Crippen molar-refractivity contribution in [1.82, 2.24) is 19.9 Å². The molecule has 0 atom stereocenters. The molecule has 0 spiro atoms. The minimum Gasteiger partial charge on any atom is -0.474 e. The smallest absolute Gasteiger partial charge is 0.409 e. The third-order valence-corrected chi connectivity index (χ3v) is 8.47. The summed E-state index contributed by atoms with van der Waals surface area (Å²) in [6.45, 7) is 7.30. The standard InChI is InChI=1S/C24H33N5O5S/c1-4-5-14-33-24(30)29-12-10-18(11-13-29)34-23-16(2)22(25-15-26-23)28-20-8-9-21(27-17(20)3)35(31,32)19-6-7-19/h8-9,15,18-19H,4-7,10-14H2,1-3H3,(H,25,26,28). The van der Waals surface area contributed by atoms with Crippen LogP contribution in [0.1, 0.15) is 56.7 Å². The molecule has 2 fully saturated rings. The Bertz CT molecular complexity index is 1160. The quantitative estimate of drug-likeness (QED) is 0.507. The number of amides is 1. The molecule has 3 heterocycles. The van der Waals surface area contributed by atoms with Crippen LogP contribution in [0.25, 0.3) is 0 Å². The number of piperidine rings is 1. The normalized spacial score (nSPS) is 16.7. The van der Waals surface area contributed by atoms with Gasteiger partial charge in [-0.25, -0.2) is 28.2 Å². The van der Waals surface area contributed by atoms with E-state index in [2.05, 4.69) is 27.2 Å². The molecule has 1 amide bonds. The molecular weight excluding hydrogens is 470 g/mol. The van der Waals surface area contributed by atoms with E-state index in [1.807, 2.05) is 6.92 Å². The van der Waals surface area contributed by atoms with Gasteiger partial charge in [-0.1, -0.05) is 13.3 Å². The van der Waals surface area contributed by atoms with Gasteiger partial charge in [-0.15, -0.1) is 0 Å². The Morgan fingerprint density at radius 1 is 1.14 bits per heavy atom. The largest absolute Gasteiger partial charge is 0.474 e. The molecule has 35 heavy (non-hydrogen) atoms. The van der Waals surface area contributed by atoms with Crippen LogP contribution in [0.3, 0.4) is 0 Å². The second kappa shape index (κ2) is 10.8. The summed E-state index contributed by atoms with van der Waals surface area (Å²) in [7, 11) is -3.34. The number of unbranched alkanes of at least 4 members (excludes halogenated alkanes) is 1. The zero-order valence-corrected chi connectivity index (χ0v) is 21.3. The molecule has 1 N–H and O–H groups in total. The lowest BCUT2D eigenvalue weighted by Gasteiger charge is -2.31. The number of hydrogen-bond donors (Lipinski definition) is 1. The van der Waals surface area contributed by atoms with Gasteiger partial charge in [0.2, 0.25) is 5.88 Å². The van der Waals surface area contributed by atoms with Crippen molar-refractivity contribution in [2.75, 3.05) is 25.0 Å². The summed E-state index contributed by atoms with van der Waals surface area (Å²) in [4.78, 5) is 26.8. The Balaban J connectivity index is 1.37. The average molecular weight is 504 g/mol. The number of hydrogen-bond acceptors (Lipinski definition) is 9. The minimum atomic E-state index is -3.34. The van der Waals surface area contributed by atoms with Gasteiger partial charge >= 0.3 is 6.09 Å². The monoisotopic (exact) mass is 503 g/mol. The van der Waals surface area contributed by atoms with Crippen molar-refractivity contribution < 1.29 is 22.7 Å². The van der Waals surface area contributed by atoms with E-state index < -0.39 is 9.84 Å². The first kappa shape index (κ1) is 25.2. The summed E-state index contributed by atoms with van der Waals surface area (Å²) >= 11 is 0. The molecule has 10 nitrogen and oxygen atoms in total. The maximum Gasteiger partial charge on any atom is 0.409 e. The van der Waals surface area contributed by atoms with E-state index in [0.29, 0.717) is 68.5 Å². The van der Waals surface area contributed by atoms with E-state index in [4.69, 9.17) is 9.47 Å². The summed E-state index contributed by atoms with van der Waals surface area (Å²) in [5, 5.41) is 3.05. The molecule has 0 aromatic carbocycles. The number of sulfone groups is 1.